The summed E-state index contributed by atoms with van der Waals surface area (Å²) in [5.41, 5.74) is 6.77. The van der Waals surface area contributed by atoms with Crippen molar-refractivity contribution in [2.75, 3.05) is 0 Å². The van der Waals surface area contributed by atoms with E-state index in [-0.39, 0.29) is 11.0 Å². The average molecular weight is 302 g/mol. The zero-order valence-electron chi connectivity index (χ0n) is 11.9. The summed E-state index contributed by atoms with van der Waals surface area (Å²) >= 11 is 1.46. The summed E-state index contributed by atoms with van der Waals surface area (Å²) in [5, 5.41) is 0.319. The first kappa shape index (κ1) is 14.9. The zero-order chi connectivity index (χ0) is 14.4. The van der Waals surface area contributed by atoms with E-state index in [0.717, 1.165) is 23.4 Å². The summed E-state index contributed by atoms with van der Waals surface area (Å²) in [5.74, 6) is 0.523. The topological polar surface area (TPSA) is 73.0 Å². The van der Waals surface area contributed by atoms with E-state index >= 15 is 0 Å². The molecule has 0 amide bonds. The molecule has 1 heterocycles. The Morgan fingerprint density at radius 3 is 2.42 bits per heavy atom. The maximum Gasteiger partial charge on any atom is 0.159 e. The van der Waals surface area contributed by atoms with Gasteiger partial charge in [0.2, 0.25) is 0 Å². The Morgan fingerprint density at radius 1 is 1.42 bits per heavy atom. The predicted molar refractivity (Wildman–Crippen MR) is 79.1 cm³/mol. The largest absolute Gasteiger partial charge is 0.321 e. The SMILES string of the molecule is CC(C)S(=O)(=O)Cc1nc(C2CC2)c(C(C)(C)N)s1. The maximum absolute atomic E-state index is 12.0. The van der Waals surface area contributed by atoms with Gasteiger partial charge in [-0.2, -0.15) is 0 Å². The van der Waals surface area contributed by atoms with E-state index in [1.165, 1.54) is 11.3 Å². The molecule has 0 aromatic carbocycles. The van der Waals surface area contributed by atoms with Crippen LogP contribution in [0.3, 0.4) is 0 Å². The van der Waals surface area contributed by atoms with Crippen LogP contribution in [0.1, 0.15) is 62.0 Å². The Kier molecular flexibility index (Phi) is 3.79. The highest BCUT2D eigenvalue weighted by Crippen LogP contribution is 2.45. The molecule has 0 saturated heterocycles. The number of aromatic nitrogens is 1. The van der Waals surface area contributed by atoms with Gasteiger partial charge < -0.3 is 5.73 Å². The first-order valence-electron chi connectivity index (χ1n) is 6.62. The number of thiazole rings is 1. The third kappa shape index (κ3) is 3.35. The molecule has 6 heteroatoms. The molecule has 0 spiro atoms. The second-order valence-electron chi connectivity index (χ2n) is 6.17. The minimum Gasteiger partial charge on any atom is -0.321 e. The van der Waals surface area contributed by atoms with Crippen molar-refractivity contribution in [3.63, 3.8) is 0 Å². The van der Waals surface area contributed by atoms with E-state index in [0.29, 0.717) is 10.9 Å². The third-order valence-corrected chi connectivity index (χ3v) is 7.00. The number of sulfone groups is 1. The number of hydrogen-bond acceptors (Lipinski definition) is 5. The Balaban J connectivity index is 2.34. The van der Waals surface area contributed by atoms with Crippen LogP contribution in [0.25, 0.3) is 0 Å². The molecule has 0 bridgehead atoms. The highest BCUT2D eigenvalue weighted by Gasteiger charge is 2.34. The molecule has 19 heavy (non-hydrogen) atoms. The van der Waals surface area contributed by atoms with E-state index in [1.54, 1.807) is 13.8 Å². The molecule has 1 aromatic heterocycles. The van der Waals surface area contributed by atoms with Crippen LogP contribution in [-0.2, 0) is 21.1 Å². The van der Waals surface area contributed by atoms with Crippen LogP contribution >= 0.6 is 11.3 Å². The van der Waals surface area contributed by atoms with Gasteiger partial charge in [0.15, 0.2) is 9.84 Å². The van der Waals surface area contributed by atoms with Crippen molar-refractivity contribution in [3.8, 4) is 0 Å². The summed E-state index contributed by atoms with van der Waals surface area (Å²) in [6, 6.07) is 0. The summed E-state index contributed by atoms with van der Waals surface area (Å²) in [7, 11) is -3.10. The summed E-state index contributed by atoms with van der Waals surface area (Å²) in [6.07, 6.45) is 2.28. The van der Waals surface area contributed by atoms with Crippen molar-refractivity contribution in [3.05, 3.63) is 15.6 Å². The summed E-state index contributed by atoms with van der Waals surface area (Å²) < 4.78 is 24.0. The normalized spacial score (nSPS) is 17.2. The Labute approximate surface area is 119 Å². The molecule has 0 atom stereocenters. The van der Waals surface area contributed by atoms with Crippen LogP contribution in [-0.4, -0.2) is 18.7 Å². The highest BCUT2D eigenvalue weighted by atomic mass is 32.2. The van der Waals surface area contributed by atoms with Crippen LogP contribution in [0, 0.1) is 0 Å². The fourth-order valence-corrected chi connectivity index (χ4v) is 4.30. The fourth-order valence-electron chi connectivity index (χ4n) is 1.87. The lowest BCUT2D eigenvalue weighted by atomic mass is 10.0. The molecule has 0 radical (unpaired) electrons. The van der Waals surface area contributed by atoms with Crippen molar-refractivity contribution >= 4 is 21.2 Å². The first-order chi connectivity index (χ1) is 8.61. The minimum absolute atomic E-state index is 0.0329. The van der Waals surface area contributed by atoms with Crippen LogP contribution in [0.5, 0.6) is 0 Å². The van der Waals surface area contributed by atoms with Gasteiger partial charge in [0.05, 0.1) is 10.9 Å². The molecule has 0 unspecified atom stereocenters. The van der Waals surface area contributed by atoms with E-state index in [1.807, 2.05) is 13.8 Å². The standard InChI is InChI=1S/C13H22N2O2S2/c1-8(2)19(16,17)7-10-15-11(9-5-6-9)12(18-10)13(3,4)14/h8-9H,5-7,14H2,1-4H3. The van der Waals surface area contributed by atoms with Crippen molar-refractivity contribution < 1.29 is 8.42 Å². The highest BCUT2D eigenvalue weighted by molar-refractivity contribution is 7.91. The molecular formula is C13H22N2O2S2. The molecule has 2 N–H and O–H groups in total. The van der Waals surface area contributed by atoms with Gasteiger partial charge in [0, 0.05) is 16.3 Å². The number of hydrogen-bond donors (Lipinski definition) is 1. The Hall–Kier alpha value is -0.460. The molecule has 1 fully saturated rings. The van der Waals surface area contributed by atoms with Gasteiger partial charge in [0.1, 0.15) is 10.8 Å². The average Bonchev–Trinajstić information content (AvgIpc) is 2.98. The Bertz CT molecular complexity index is 564. The lowest BCUT2D eigenvalue weighted by Gasteiger charge is -2.17. The number of nitrogens with zero attached hydrogens (tertiary/aromatic N) is 1. The molecule has 0 aliphatic heterocycles. The second-order valence-corrected chi connectivity index (χ2v) is 9.81. The van der Waals surface area contributed by atoms with E-state index < -0.39 is 15.4 Å². The van der Waals surface area contributed by atoms with E-state index in [9.17, 15) is 8.42 Å². The van der Waals surface area contributed by atoms with Gasteiger partial charge in [-0.3, -0.25) is 0 Å². The van der Waals surface area contributed by atoms with Crippen LogP contribution < -0.4 is 5.73 Å². The van der Waals surface area contributed by atoms with Gasteiger partial charge in [-0.25, -0.2) is 13.4 Å². The minimum atomic E-state index is -3.10. The maximum atomic E-state index is 12.0. The third-order valence-electron chi connectivity index (χ3n) is 3.29. The van der Waals surface area contributed by atoms with E-state index in [4.69, 9.17) is 5.73 Å². The molecule has 1 aliphatic carbocycles. The molecule has 2 rings (SSSR count). The molecule has 1 aromatic rings. The molecule has 108 valence electrons. The van der Waals surface area contributed by atoms with E-state index in [2.05, 4.69) is 4.98 Å². The van der Waals surface area contributed by atoms with Gasteiger partial charge in [-0.1, -0.05) is 0 Å². The van der Waals surface area contributed by atoms with Crippen LogP contribution in [0.4, 0.5) is 0 Å². The number of nitrogens with two attached hydrogens (primary N) is 1. The molecule has 1 aliphatic rings. The smallest absolute Gasteiger partial charge is 0.159 e. The molecule has 1 saturated carbocycles. The van der Waals surface area contributed by atoms with Crippen molar-refractivity contribution in [1.29, 1.82) is 0 Å². The van der Waals surface area contributed by atoms with Gasteiger partial charge >= 0.3 is 0 Å². The lowest BCUT2D eigenvalue weighted by molar-refractivity contribution is 0.558. The van der Waals surface area contributed by atoms with Crippen LogP contribution in [0.15, 0.2) is 0 Å². The van der Waals surface area contributed by atoms with Gasteiger partial charge in [-0.15, -0.1) is 11.3 Å². The predicted octanol–water partition coefficient (Wildman–Crippen LogP) is 2.54. The van der Waals surface area contributed by atoms with Gasteiger partial charge in [0.25, 0.3) is 0 Å². The van der Waals surface area contributed by atoms with Gasteiger partial charge in [-0.05, 0) is 40.5 Å². The van der Waals surface area contributed by atoms with Crippen molar-refractivity contribution in [2.45, 2.75) is 63.0 Å². The Morgan fingerprint density at radius 2 is 2.00 bits per heavy atom. The first-order valence-corrected chi connectivity index (χ1v) is 9.15. The second kappa shape index (κ2) is 4.82. The van der Waals surface area contributed by atoms with Crippen LogP contribution in [0.2, 0.25) is 0 Å². The van der Waals surface area contributed by atoms with Crippen molar-refractivity contribution in [1.82, 2.24) is 4.98 Å². The molecule has 4 nitrogen and oxygen atoms in total. The lowest BCUT2D eigenvalue weighted by Crippen LogP contribution is -2.28. The quantitative estimate of drug-likeness (QED) is 0.907. The number of rotatable bonds is 5. The zero-order valence-corrected chi connectivity index (χ0v) is 13.6. The summed E-state index contributed by atoms with van der Waals surface area (Å²) in [6.45, 7) is 7.32. The monoisotopic (exact) mass is 302 g/mol. The van der Waals surface area contributed by atoms with Crippen molar-refractivity contribution in [2.24, 2.45) is 5.73 Å². The summed E-state index contributed by atoms with van der Waals surface area (Å²) in [4.78, 5) is 5.61. The molecular weight excluding hydrogens is 280 g/mol. The fraction of sp³-hybridized carbons (Fsp3) is 0.769.